The van der Waals surface area contributed by atoms with Gasteiger partial charge >= 0.3 is 0 Å². The lowest BCUT2D eigenvalue weighted by Gasteiger charge is -2.29. The molecule has 4 nitrogen and oxygen atoms in total. The van der Waals surface area contributed by atoms with Crippen LogP contribution in [0.1, 0.15) is 58.3 Å². The summed E-state index contributed by atoms with van der Waals surface area (Å²) >= 11 is 0. The van der Waals surface area contributed by atoms with E-state index in [4.69, 9.17) is 0 Å². The Morgan fingerprint density at radius 2 is 2.38 bits per heavy atom. The molecule has 1 unspecified atom stereocenters. The molecule has 0 spiro atoms. The molecule has 0 bridgehead atoms. The van der Waals surface area contributed by atoms with E-state index in [9.17, 15) is 0 Å². The Labute approximate surface area is 97.5 Å². The molecule has 0 aliphatic carbocycles. The minimum absolute atomic E-state index is 0.0789. The van der Waals surface area contributed by atoms with Crippen molar-refractivity contribution in [3.63, 3.8) is 0 Å². The summed E-state index contributed by atoms with van der Waals surface area (Å²) in [6.45, 7) is 7.70. The van der Waals surface area contributed by atoms with Crippen molar-refractivity contribution in [2.75, 3.05) is 6.54 Å². The van der Waals surface area contributed by atoms with E-state index in [-0.39, 0.29) is 5.54 Å². The van der Waals surface area contributed by atoms with Crippen molar-refractivity contribution in [2.24, 2.45) is 0 Å². The van der Waals surface area contributed by atoms with Crippen LogP contribution in [-0.2, 0) is 5.54 Å². The van der Waals surface area contributed by atoms with Crippen LogP contribution in [0.15, 0.2) is 6.33 Å². The Balaban J connectivity index is 2.35. The van der Waals surface area contributed by atoms with Crippen LogP contribution in [0.25, 0.3) is 0 Å². The molecule has 2 rings (SSSR count). The molecular formula is C12H22N4. The number of nitrogens with one attached hydrogen (secondary N) is 1. The minimum atomic E-state index is 0.0789. The van der Waals surface area contributed by atoms with Crippen molar-refractivity contribution in [2.45, 2.75) is 58.0 Å². The van der Waals surface area contributed by atoms with Crippen molar-refractivity contribution in [1.29, 1.82) is 0 Å². The van der Waals surface area contributed by atoms with Gasteiger partial charge in [0.1, 0.15) is 6.33 Å². The third kappa shape index (κ3) is 1.86. The second-order valence-corrected chi connectivity index (χ2v) is 5.02. The van der Waals surface area contributed by atoms with E-state index in [0.29, 0.717) is 6.04 Å². The van der Waals surface area contributed by atoms with Crippen LogP contribution in [-0.4, -0.2) is 21.3 Å². The first-order chi connectivity index (χ1) is 7.69. The van der Waals surface area contributed by atoms with Crippen LogP contribution >= 0.6 is 0 Å². The highest BCUT2D eigenvalue weighted by molar-refractivity contribution is 5.10. The molecule has 4 heteroatoms. The van der Waals surface area contributed by atoms with Gasteiger partial charge in [-0.3, -0.25) is 0 Å². The van der Waals surface area contributed by atoms with Gasteiger partial charge in [-0.15, -0.1) is 10.2 Å². The SMILES string of the molecule is CCCC1(c2nncn2C(C)C)CCCN1. The van der Waals surface area contributed by atoms with Gasteiger partial charge in [0.05, 0.1) is 5.54 Å². The van der Waals surface area contributed by atoms with E-state index in [1.807, 2.05) is 6.33 Å². The fraction of sp³-hybridized carbons (Fsp3) is 0.833. The highest BCUT2D eigenvalue weighted by Crippen LogP contribution is 2.34. The van der Waals surface area contributed by atoms with Gasteiger partial charge in [-0.05, 0) is 39.7 Å². The van der Waals surface area contributed by atoms with Crippen LogP contribution in [0.4, 0.5) is 0 Å². The fourth-order valence-corrected chi connectivity index (χ4v) is 2.71. The van der Waals surface area contributed by atoms with Crippen LogP contribution in [0.5, 0.6) is 0 Å². The maximum atomic E-state index is 4.36. The van der Waals surface area contributed by atoms with E-state index < -0.39 is 0 Å². The fourth-order valence-electron chi connectivity index (χ4n) is 2.71. The van der Waals surface area contributed by atoms with E-state index in [0.717, 1.165) is 18.8 Å². The lowest BCUT2D eigenvalue weighted by atomic mass is 9.90. The number of rotatable bonds is 4. The van der Waals surface area contributed by atoms with Crippen molar-refractivity contribution in [1.82, 2.24) is 20.1 Å². The molecule has 0 aromatic carbocycles. The zero-order valence-corrected chi connectivity index (χ0v) is 10.5. The van der Waals surface area contributed by atoms with E-state index >= 15 is 0 Å². The third-order valence-electron chi connectivity index (χ3n) is 3.48. The predicted molar refractivity (Wildman–Crippen MR) is 64.2 cm³/mol. The maximum absolute atomic E-state index is 4.36. The Kier molecular flexibility index (Phi) is 3.28. The monoisotopic (exact) mass is 222 g/mol. The zero-order valence-electron chi connectivity index (χ0n) is 10.5. The standard InChI is InChI=1S/C12H22N4/c1-4-6-12(7-5-8-13-12)11-15-14-9-16(11)10(2)3/h9-10,13H,4-8H2,1-3H3. The first-order valence-corrected chi connectivity index (χ1v) is 6.34. The van der Waals surface area contributed by atoms with Crippen LogP contribution in [0.2, 0.25) is 0 Å². The van der Waals surface area contributed by atoms with Crippen molar-refractivity contribution < 1.29 is 0 Å². The molecule has 1 aromatic heterocycles. The van der Waals surface area contributed by atoms with E-state index in [1.165, 1.54) is 19.3 Å². The molecule has 1 saturated heterocycles. The molecule has 0 saturated carbocycles. The summed E-state index contributed by atoms with van der Waals surface area (Å²) in [7, 11) is 0. The van der Waals surface area contributed by atoms with Gasteiger partial charge in [-0.1, -0.05) is 13.3 Å². The van der Waals surface area contributed by atoms with Gasteiger partial charge in [0.2, 0.25) is 0 Å². The van der Waals surface area contributed by atoms with Crippen molar-refractivity contribution >= 4 is 0 Å². The van der Waals surface area contributed by atoms with Crippen molar-refractivity contribution in [3.8, 4) is 0 Å². The second kappa shape index (κ2) is 4.53. The normalized spacial score (nSPS) is 25.5. The summed E-state index contributed by atoms with van der Waals surface area (Å²) in [6, 6.07) is 0.432. The van der Waals surface area contributed by atoms with E-state index in [2.05, 4.69) is 40.9 Å². The Morgan fingerprint density at radius 3 is 2.94 bits per heavy atom. The van der Waals surface area contributed by atoms with Gasteiger partial charge in [-0.2, -0.15) is 0 Å². The van der Waals surface area contributed by atoms with E-state index in [1.54, 1.807) is 0 Å². The molecular weight excluding hydrogens is 200 g/mol. The maximum Gasteiger partial charge on any atom is 0.153 e. The molecule has 1 fully saturated rings. The molecule has 1 aliphatic rings. The first kappa shape index (κ1) is 11.6. The number of nitrogens with zero attached hydrogens (tertiary/aromatic N) is 3. The predicted octanol–water partition coefficient (Wildman–Crippen LogP) is 2.24. The molecule has 90 valence electrons. The first-order valence-electron chi connectivity index (χ1n) is 6.34. The van der Waals surface area contributed by atoms with Crippen LogP contribution in [0.3, 0.4) is 0 Å². The summed E-state index contributed by atoms with van der Waals surface area (Å²) in [5, 5.41) is 12.1. The number of aromatic nitrogens is 3. The molecule has 2 heterocycles. The van der Waals surface area contributed by atoms with Gasteiger partial charge in [0.25, 0.3) is 0 Å². The Morgan fingerprint density at radius 1 is 1.56 bits per heavy atom. The van der Waals surface area contributed by atoms with Gasteiger partial charge in [0, 0.05) is 6.04 Å². The van der Waals surface area contributed by atoms with Gasteiger partial charge in [-0.25, -0.2) is 0 Å². The molecule has 1 N–H and O–H groups in total. The molecule has 1 atom stereocenters. The van der Waals surface area contributed by atoms with Crippen LogP contribution in [0, 0.1) is 0 Å². The van der Waals surface area contributed by atoms with Gasteiger partial charge in [0.15, 0.2) is 5.82 Å². The average Bonchev–Trinajstić information content (AvgIpc) is 2.85. The summed E-state index contributed by atoms with van der Waals surface area (Å²) in [4.78, 5) is 0. The smallest absolute Gasteiger partial charge is 0.153 e. The van der Waals surface area contributed by atoms with Gasteiger partial charge < -0.3 is 9.88 Å². The average molecular weight is 222 g/mol. The molecule has 1 aliphatic heterocycles. The quantitative estimate of drug-likeness (QED) is 0.849. The van der Waals surface area contributed by atoms with Crippen LogP contribution < -0.4 is 5.32 Å². The highest BCUT2D eigenvalue weighted by Gasteiger charge is 2.38. The minimum Gasteiger partial charge on any atom is -0.313 e. The lowest BCUT2D eigenvalue weighted by Crippen LogP contribution is -2.39. The molecule has 0 amide bonds. The molecule has 16 heavy (non-hydrogen) atoms. The topological polar surface area (TPSA) is 42.7 Å². The Hall–Kier alpha value is -0.900. The Bertz CT molecular complexity index is 337. The summed E-state index contributed by atoms with van der Waals surface area (Å²) in [5.74, 6) is 1.13. The molecule has 0 radical (unpaired) electrons. The number of hydrogen-bond acceptors (Lipinski definition) is 3. The summed E-state index contributed by atoms with van der Waals surface area (Å²) < 4.78 is 2.20. The number of hydrogen-bond donors (Lipinski definition) is 1. The summed E-state index contributed by atoms with van der Waals surface area (Å²) in [6.07, 6.45) is 6.62. The lowest BCUT2D eigenvalue weighted by molar-refractivity contribution is 0.313. The zero-order chi connectivity index (χ0) is 11.6. The largest absolute Gasteiger partial charge is 0.313 e. The third-order valence-corrected chi connectivity index (χ3v) is 3.48. The highest BCUT2D eigenvalue weighted by atomic mass is 15.3. The molecule has 1 aromatic rings. The summed E-state index contributed by atoms with van der Waals surface area (Å²) in [5.41, 5.74) is 0.0789. The van der Waals surface area contributed by atoms with Crippen molar-refractivity contribution in [3.05, 3.63) is 12.2 Å². The second-order valence-electron chi connectivity index (χ2n) is 5.02.